The van der Waals surface area contributed by atoms with E-state index in [9.17, 15) is 17.7 Å². The van der Waals surface area contributed by atoms with Gasteiger partial charge in [0.05, 0.1) is 23.6 Å². The molecule has 1 saturated heterocycles. The minimum atomic E-state index is -2.90. The first-order chi connectivity index (χ1) is 16.8. The third kappa shape index (κ3) is 6.35. The fourth-order valence-electron chi connectivity index (χ4n) is 3.91. The average Bonchev–Trinajstić information content (AvgIpc) is 3.35. The van der Waals surface area contributed by atoms with Gasteiger partial charge in [-0.25, -0.2) is 4.39 Å². The number of rotatable bonds is 9. The molecule has 7 nitrogen and oxygen atoms in total. The molecule has 1 aliphatic heterocycles. The van der Waals surface area contributed by atoms with Gasteiger partial charge in [0.1, 0.15) is 11.6 Å². The van der Waals surface area contributed by atoms with E-state index in [1.54, 1.807) is 4.31 Å². The summed E-state index contributed by atoms with van der Waals surface area (Å²) in [5.74, 6) is -1.20. The monoisotopic (exact) mass is 507 g/mol. The Balaban J connectivity index is 1.52. The standard InChI is InChI=1S/C24H28F3N5O2S/c1-3-35(33)32(20-6-4-5-17(13-20)15-31-11-9-30(2)10-12-31)16-19-8-7-18(14-21(19)25)23-28-29-24(34-23)22(26)27/h4-8,13-14,22H,3,9-12,15-16H2,1-2H3. The molecule has 0 amide bonds. The smallest absolute Gasteiger partial charge is 0.314 e. The van der Waals surface area contributed by atoms with Gasteiger partial charge < -0.3 is 13.9 Å². The molecule has 0 spiro atoms. The topological polar surface area (TPSA) is 71.7 Å². The number of hydrogen-bond donors (Lipinski definition) is 0. The zero-order chi connectivity index (χ0) is 24.9. The van der Waals surface area contributed by atoms with Gasteiger partial charge in [0.2, 0.25) is 5.89 Å². The van der Waals surface area contributed by atoms with Crippen LogP contribution in [0.1, 0.15) is 30.4 Å². The molecule has 0 radical (unpaired) electrons. The number of likely N-dealkylation sites (N-methyl/N-ethyl adjacent to an activating group) is 1. The second-order valence-electron chi connectivity index (χ2n) is 8.45. The van der Waals surface area contributed by atoms with Crippen LogP contribution in [0, 0.1) is 5.82 Å². The van der Waals surface area contributed by atoms with E-state index >= 15 is 0 Å². The number of anilines is 1. The predicted molar refractivity (Wildman–Crippen MR) is 129 cm³/mol. The summed E-state index contributed by atoms with van der Waals surface area (Å²) in [7, 11) is 2.12. The van der Waals surface area contributed by atoms with Gasteiger partial charge in [-0.1, -0.05) is 18.2 Å². The van der Waals surface area contributed by atoms with E-state index in [2.05, 4.69) is 27.0 Å². The number of nitrogens with zero attached hydrogens (tertiary/aromatic N) is 5. The molecular weight excluding hydrogens is 479 g/mol. The molecule has 2 aromatic carbocycles. The first kappa shape index (κ1) is 25.5. The Kier molecular flexibility index (Phi) is 8.32. The van der Waals surface area contributed by atoms with Crippen LogP contribution in [0.25, 0.3) is 11.5 Å². The van der Waals surface area contributed by atoms with Crippen molar-refractivity contribution in [3.63, 3.8) is 0 Å². The molecule has 0 saturated carbocycles. The molecule has 1 fully saturated rings. The fraction of sp³-hybridized carbons (Fsp3) is 0.417. The van der Waals surface area contributed by atoms with Crippen molar-refractivity contribution < 1.29 is 22.1 Å². The molecule has 1 aromatic heterocycles. The zero-order valence-electron chi connectivity index (χ0n) is 19.7. The molecule has 0 bridgehead atoms. The molecule has 1 unspecified atom stereocenters. The van der Waals surface area contributed by atoms with Crippen molar-refractivity contribution in [2.75, 3.05) is 43.3 Å². The van der Waals surface area contributed by atoms with E-state index in [1.807, 2.05) is 31.2 Å². The number of hydrogen-bond acceptors (Lipinski definition) is 7. The highest BCUT2D eigenvalue weighted by Gasteiger charge is 2.23. The number of alkyl halides is 2. The molecule has 2 heterocycles. The highest BCUT2D eigenvalue weighted by atomic mass is 32.2. The molecule has 0 N–H and O–H groups in total. The summed E-state index contributed by atoms with van der Waals surface area (Å²) in [5, 5.41) is 6.84. The molecule has 1 aliphatic rings. The fourth-order valence-corrected chi connectivity index (χ4v) is 4.86. The Bertz CT molecular complexity index is 1120. The van der Waals surface area contributed by atoms with Crippen LogP contribution in [0.5, 0.6) is 0 Å². The van der Waals surface area contributed by atoms with E-state index in [-0.39, 0.29) is 18.0 Å². The maximum atomic E-state index is 15.0. The largest absolute Gasteiger partial charge is 0.593 e. The van der Waals surface area contributed by atoms with Crippen molar-refractivity contribution in [3.8, 4) is 11.5 Å². The van der Waals surface area contributed by atoms with Crippen molar-refractivity contribution in [3.05, 3.63) is 65.3 Å². The minimum Gasteiger partial charge on any atom is -0.593 e. The zero-order valence-corrected chi connectivity index (χ0v) is 20.5. The third-order valence-corrected chi connectivity index (χ3v) is 7.26. The highest BCUT2D eigenvalue weighted by molar-refractivity contribution is 7.92. The lowest BCUT2D eigenvalue weighted by Crippen LogP contribution is -2.43. The molecule has 35 heavy (non-hydrogen) atoms. The lowest BCUT2D eigenvalue weighted by Gasteiger charge is -2.32. The van der Waals surface area contributed by atoms with Gasteiger partial charge in [-0.2, -0.15) is 13.1 Å². The number of piperazine rings is 1. The van der Waals surface area contributed by atoms with Gasteiger partial charge in [-0.15, -0.1) is 10.2 Å². The van der Waals surface area contributed by atoms with E-state index in [4.69, 9.17) is 4.42 Å². The second kappa shape index (κ2) is 11.4. The van der Waals surface area contributed by atoms with Crippen LogP contribution in [0.2, 0.25) is 0 Å². The SMILES string of the molecule is CC[S+]([O-])N(Cc1ccc(-c2nnc(C(F)F)o2)cc1F)c1cccc(CN2CCN(C)CC2)c1. The maximum Gasteiger partial charge on any atom is 0.314 e. The van der Waals surface area contributed by atoms with Crippen LogP contribution in [-0.2, 0) is 24.5 Å². The summed E-state index contributed by atoms with van der Waals surface area (Å²) >= 11 is -1.37. The summed E-state index contributed by atoms with van der Waals surface area (Å²) in [4.78, 5) is 4.69. The van der Waals surface area contributed by atoms with Gasteiger partial charge in [-0.05, 0) is 43.8 Å². The van der Waals surface area contributed by atoms with E-state index in [0.717, 1.165) is 50.0 Å². The Morgan fingerprint density at radius 1 is 1.11 bits per heavy atom. The summed E-state index contributed by atoms with van der Waals surface area (Å²) < 4.78 is 59.9. The summed E-state index contributed by atoms with van der Waals surface area (Å²) in [6.07, 6.45) is -2.90. The summed E-state index contributed by atoms with van der Waals surface area (Å²) in [6.45, 7) is 6.71. The predicted octanol–water partition coefficient (Wildman–Crippen LogP) is 4.25. The van der Waals surface area contributed by atoms with Gasteiger partial charge in [0.15, 0.2) is 0 Å². The molecule has 4 rings (SSSR count). The molecule has 0 aliphatic carbocycles. The Labute approximate surface area is 205 Å². The lowest BCUT2D eigenvalue weighted by molar-refractivity contribution is 0.116. The first-order valence-corrected chi connectivity index (χ1v) is 12.7. The molecule has 1 atom stereocenters. The summed E-state index contributed by atoms with van der Waals surface area (Å²) in [6, 6.07) is 12.1. The van der Waals surface area contributed by atoms with Crippen LogP contribution < -0.4 is 4.31 Å². The van der Waals surface area contributed by atoms with Crippen LogP contribution in [-0.4, -0.2) is 63.5 Å². The number of benzene rings is 2. The van der Waals surface area contributed by atoms with E-state index in [1.165, 1.54) is 12.1 Å². The van der Waals surface area contributed by atoms with E-state index < -0.39 is 29.5 Å². The van der Waals surface area contributed by atoms with Crippen molar-refractivity contribution in [1.29, 1.82) is 0 Å². The Hall–Kier alpha value is -2.60. The molecular formula is C24H28F3N5O2S. The van der Waals surface area contributed by atoms with Crippen molar-refractivity contribution in [2.45, 2.75) is 26.4 Å². The first-order valence-electron chi connectivity index (χ1n) is 11.4. The van der Waals surface area contributed by atoms with Gasteiger partial charge in [0, 0.05) is 43.9 Å². The van der Waals surface area contributed by atoms with Crippen LogP contribution >= 0.6 is 0 Å². The van der Waals surface area contributed by atoms with Crippen molar-refractivity contribution in [1.82, 2.24) is 20.0 Å². The van der Waals surface area contributed by atoms with Crippen LogP contribution in [0.4, 0.5) is 18.9 Å². The number of aromatic nitrogens is 2. The third-order valence-electron chi connectivity index (χ3n) is 5.93. The summed E-state index contributed by atoms with van der Waals surface area (Å²) in [5.41, 5.74) is 2.36. The normalized spacial score (nSPS) is 16.1. The molecule has 11 heteroatoms. The number of halogens is 3. The van der Waals surface area contributed by atoms with Crippen molar-refractivity contribution >= 4 is 17.0 Å². The Morgan fingerprint density at radius 2 is 1.89 bits per heavy atom. The van der Waals surface area contributed by atoms with Crippen LogP contribution in [0.15, 0.2) is 46.9 Å². The minimum absolute atomic E-state index is 0.0800. The maximum absolute atomic E-state index is 15.0. The van der Waals surface area contributed by atoms with E-state index in [0.29, 0.717) is 11.3 Å². The molecule has 188 valence electrons. The van der Waals surface area contributed by atoms with Gasteiger partial charge in [-0.3, -0.25) is 4.90 Å². The quantitative estimate of drug-likeness (QED) is 0.401. The lowest BCUT2D eigenvalue weighted by atomic mass is 10.1. The highest BCUT2D eigenvalue weighted by Crippen LogP contribution is 2.28. The van der Waals surface area contributed by atoms with Gasteiger partial charge in [0.25, 0.3) is 5.89 Å². The second-order valence-corrected chi connectivity index (χ2v) is 10.1. The average molecular weight is 508 g/mol. The van der Waals surface area contributed by atoms with Crippen molar-refractivity contribution in [2.24, 2.45) is 0 Å². The molecule has 3 aromatic rings. The Morgan fingerprint density at radius 3 is 2.54 bits per heavy atom. The van der Waals surface area contributed by atoms with Crippen LogP contribution in [0.3, 0.4) is 0 Å². The van der Waals surface area contributed by atoms with Gasteiger partial charge >= 0.3 is 6.43 Å².